The number of nitro groups is 1. The molecule has 24 heavy (non-hydrogen) atoms. The Morgan fingerprint density at radius 2 is 1.96 bits per heavy atom. The summed E-state index contributed by atoms with van der Waals surface area (Å²) in [5, 5.41) is 25.5. The third-order valence-electron chi connectivity index (χ3n) is 3.99. The number of carbonyl (C=O) groups is 2. The van der Waals surface area contributed by atoms with Crippen molar-refractivity contribution in [1.82, 2.24) is 5.32 Å². The Bertz CT molecular complexity index is 617. The monoisotopic (exact) mass is 337 g/mol. The summed E-state index contributed by atoms with van der Waals surface area (Å²) in [6.07, 6.45) is -0.0953. The fourth-order valence-corrected chi connectivity index (χ4v) is 2.18. The summed E-state index contributed by atoms with van der Waals surface area (Å²) in [6.45, 7) is 5.58. The molecule has 1 amide bonds. The first kappa shape index (κ1) is 19.4. The predicted octanol–water partition coefficient (Wildman–Crippen LogP) is 2.40. The van der Waals surface area contributed by atoms with Crippen LogP contribution in [0.1, 0.15) is 33.6 Å². The van der Waals surface area contributed by atoms with Crippen LogP contribution in [0.15, 0.2) is 24.3 Å². The number of nitrogens with zero attached hydrogens (tertiary/aromatic N) is 1. The molecule has 0 heterocycles. The average Bonchev–Trinajstić information content (AvgIpc) is 2.46. The number of nitrogens with one attached hydrogen (secondary N) is 2. The zero-order chi connectivity index (χ0) is 18.3. The van der Waals surface area contributed by atoms with Crippen LogP contribution in [0.3, 0.4) is 0 Å². The van der Waals surface area contributed by atoms with Crippen LogP contribution in [0.25, 0.3) is 0 Å². The zero-order valence-electron chi connectivity index (χ0n) is 14.0. The third kappa shape index (κ3) is 5.53. The van der Waals surface area contributed by atoms with Crippen molar-refractivity contribution in [1.29, 1.82) is 0 Å². The summed E-state index contributed by atoms with van der Waals surface area (Å²) in [6, 6.07) is 6.18. The van der Waals surface area contributed by atoms with Crippen LogP contribution in [0.2, 0.25) is 0 Å². The van der Waals surface area contributed by atoms with Gasteiger partial charge in [-0.05, 0) is 18.9 Å². The lowest BCUT2D eigenvalue weighted by molar-refractivity contribution is -0.384. The number of carboxylic acid groups (broad SMARTS) is 1. The molecule has 1 atom stereocenters. The fourth-order valence-electron chi connectivity index (χ4n) is 2.18. The molecule has 132 valence electrons. The standard InChI is InChI=1S/C16H23N3O5/c1-11(2)16(3,10-15(21)22)18-14(20)8-9-17-12-6-4-5-7-13(12)19(23)24/h4-7,11,17H,8-10H2,1-3H3,(H,18,20)(H,21,22). The van der Waals surface area contributed by atoms with E-state index in [1.54, 1.807) is 25.1 Å². The van der Waals surface area contributed by atoms with Crippen molar-refractivity contribution in [3.63, 3.8) is 0 Å². The summed E-state index contributed by atoms with van der Waals surface area (Å²) in [7, 11) is 0. The van der Waals surface area contributed by atoms with E-state index in [0.29, 0.717) is 5.69 Å². The summed E-state index contributed by atoms with van der Waals surface area (Å²) >= 11 is 0. The normalized spacial score (nSPS) is 13.2. The maximum atomic E-state index is 12.1. The van der Waals surface area contributed by atoms with E-state index in [9.17, 15) is 19.7 Å². The Balaban J connectivity index is 2.60. The molecular formula is C16H23N3O5. The summed E-state index contributed by atoms with van der Waals surface area (Å²) in [5.74, 6) is -1.34. The van der Waals surface area contributed by atoms with E-state index >= 15 is 0 Å². The van der Waals surface area contributed by atoms with Gasteiger partial charge in [0.25, 0.3) is 5.69 Å². The Morgan fingerprint density at radius 1 is 1.33 bits per heavy atom. The first-order chi connectivity index (χ1) is 11.2. The molecule has 3 N–H and O–H groups in total. The number of benzene rings is 1. The van der Waals surface area contributed by atoms with E-state index < -0.39 is 16.4 Å². The van der Waals surface area contributed by atoms with E-state index in [0.717, 1.165) is 0 Å². The number of amides is 1. The topological polar surface area (TPSA) is 122 Å². The lowest BCUT2D eigenvalue weighted by Crippen LogP contribution is -2.51. The van der Waals surface area contributed by atoms with Gasteiger partial charge in [0.15, 0.2) is 0 Å². The van der Waals surface area contributed by atoms with Gasteiger partial charge in [-0.3, -0.25) is 19.7 Å². The number of aliphatic carboxylic acids is 1. The second-order valence-corrected chi connectivity index (χ2v) is 6.14. The van der Waals surface area contributed by atoms with Gasteiger partial charge in [-0.1, -0.05) is 26.0 Å². The molecule has 1 aromatic carbocycles. The zero-order valence-corrected chi connectivity index (χ0v) is 14.0. The highest BCUT2D eigenvalue weighted by Crippen LogP contribution is 2.23. The van der Waals surface area contributed by atoms with E-state index in [1.807, 2.05) is 13.8 Å². The maximum Gasteiger partial charge on any atom is 0.305 e. The van der Waals surface area contributed by atoms with Crippen molar-refractivity contribution in [3.8, 4) is 0 Å². The highest BCUT2D eigenvalue weighted by molar-refractivity contribution is 5.79. The second kappa shape index (κ2) is 8.28. The highest BCUT2D eigenvalue weighted by Gasteiger charge is 2.32. The van der Waals surface area contributed by atoms with Crippen molar-refractivity contribution in [2.45, 2.75) is 39.2 Å². The van der Waals surface area contributed by atoms with Crippen molar-refractivity contribution in [3.05, 3.63) is 34.4 Å². The van der Waals surface area contributed by atoms with Crippen LogP contribution in [0.4, 0.5) is 11.4 Å². The minimum atomic E-state index is -0.982. The van der Waals surface area contributed by atoms with Crippen LogP contribution in [-0.2, 0) is 9.59 Å². The number of para-hydroxylation sites is 2. The van der Waals surface area contributed by atoms with Gasteiger partial charge in [0.1, 0.15) is 5.69 Å². The van der Waals surface area contributed by atoms with Crippen molar-refractivity contribution in [2.75, 3.05) is 11.9 Å². The molecule has 0 aromatic heterocycles. The first-order valence-electron chi connectivity index (χ1n) is 7.66. The highest BCUT2D eigenvalue weighted by atomic mass is 16.6. The molecule has 1 rings (SSSR count). The molecule has 0 aliphatic rings. The van der Waals surface area contributed by atoms with Crippen molar-refractivity contribution in [2.24, 2.45) is 5.92 Å². The molecule has 0 spiro atoms. The lowest BCUT2D eigenvalue weighted by Gasteiger charge is -2.33. The van der Waals surface area contributed by atoms with Gasteiger partial charge >= 0.3 is 5.97 Å². The van der Waals surface area contributed by atoms with Crippen LogP contribution in [0.5, 0.6) is 0 Å². The number of nitro benzene ring substituents is 1. The summed E-state index contributed by atoms with van der Waals surface area (Å²) in [5.41, 5.74) is -0.565. The molecule has 8 heteroatoms. The molecular weight excluding hydrogens is 314 g/mol. The van der Waals surface area contributed by atoms with Crippen LogP contribution in [0, 0.1) is 16.0 Å². The molecule has 0 saturated carbocycles. The smallest absolute Gasteiger partial charge is 0.305 e. The van der Waals surface area contributed by atoms with Crippen molar-refractivity contribution >= 4 is 23.3 Å². The lowest BCUT2D eigenvalue weighted by atomic mass is 9.85. The third-order valence-corrected chi connectivity index (χ3v) is 3.99. The fraction of sp³-hybridized carbons (Fsp3) is 0.500. The molecule has 0 radical (unpaired) electrons. The predicted molar refractivity (Wildman–Crippen MR) is 89.8 cm³/mol. The number of carbonyl (C=O) groups excluding carboxylic acids is 1. The summed E-state index contributed by atoms with van der Waals surface area (Å²) < 4.78 is 0. The van der Waals surface area contributed by atoms with Crippen LogP contribution < -0.4 is 10.6 Å². The Hall–Kier alpha value is -2.64. The first-order valence-corrected chi connectivity index (χ1v) is 7.66. The Kier molecular flexibility index (Phi) is 6.69. The Labute approximate surface area is 140 Å². The second-order valence-electron chi connectivity index (χ2n) is 6.14. The molecule has 0 aliphatic heterocycles. The Morgan fingerprint density at radius 3 is 2.50 bits per heavy atom. The largest absolute Gasteiger partial charge is 0.481 e. The van der Waals surface area contributed by atoms with Crippen LogP contribution in [-0.4, -0.2) is 34.0 Å². The number of carboxylic acids is 1. The molecule has 8 nitrogen and oxygen atoms in total. The van der Waals surface area contributed by atoms with Gasteiger partial charge in [-0.15, -0.1) is 0 Å². The average molecular weight is 337 g/mol. The molecule has 0 bridgehead atoms. The summed E-state index contributed by atoms with van der Waals surface area (Å²) in [4.78, 5) is 33.5. The van der Waals surface area contributed by atoms with Gasteiger partial charge in [0.05, 0.1) is 11.3 Å². The van der Waals surface area contributed by atoms with E-state index in [1.165, 1.54) is 6.07 Å². The molecule has 0 aliphatic carbocycles. The molecule has 0 fully saturated rings. The SMILES string of the molecule is CC(C)C(C)(CC(=O)O)NC(=O)CCNc1ccccc1[N+](=O)[O-]. The van der Waals surface area contributed by atoms with Crippen molar-refractivity contribution < 1.29 is 19.6 Å². The van der Waals surface area contributed by atoms with Gasteiger partial charge in [0, 0.05) is 24.6 Å². The van der Waals surface area contributed by atoms with Crippen LogP contribution >= 0.6 is 0 Å². The number of hydrogen-bond donors (Lipinski definition) is 3. The van der Waals surface area contributed by atoms with Gasteiger partial charge in [-0.2, -0.15) is 0 Å². The van der Waals surface area contributed by atoms with E-state index in [-0.39, 0.29) is 36.9 Å². The van der Waals surface area contributed by atoms with Gasteiger partial charge < -0.3 is 15.7 Å². The molecule has 0 saturated heterocycles. The van der Waals surface area contributed by atoms with Gasteiger partial charge in [-0.25, -0.2) is 0 Å². The maximum absolute atomic E-state index is 12.1. The molecule has 1 aromatic rings. The molecule has 1 unspecified atom stereocenters. The number of hydrogen-bond acceptors (Lipinski definition) is 5. The van der Waals surface area contributed by atoms with E-state index in [4.69, 9.17) is 5.11 Å². The minimum absolute atomic E-state index is 0.0549. The quantitative estimate of drug-likeness (QED) is 0.470. The minimum Gasteiger partial charge on any atom is -0.481 e. The number of rotatable bonds is 9. The van der Waals surface area contributed by atoms with Gasteiger partial charge in [0.2, 0.25) is 5.91 Å². The van der Waals surface area contributed by atoms with E-state index in [2.05, 4.69) is 10.6 Å². The number of anilines is 1.